The molecule has 1 radical (unpaired) electrons. The Morgan fingerprint density at radius 1 is 1.09 bits per heavy atom. The van der Waals surface area contributed by atoms with Gasteiger partial charge >= 0.3 is 0 Å². The van der Waals surface area contributed by atoms with Crippen LogP contribution in [0.2, 0.25) is 0 Å². The molecule has 2 nitrogen and oxygen atoms in total. The first kappa shape index (κ1) is 11.4. The summed E-state index contributed by atoms with van der Waals surface area (Å²) >= 11 is 0. The third kappa shape index (κ3) is 3.57. The first-order chi connectivity index (χ1) is 4.49. The van der Waals surface area contributed by atoms with Gasteiger partial charge in [-0.1, -0.05) is 0 Å². The molecule has 0 saturated heterocycles. The van der Waals surface area contributed by atoms with E-state index in [1.54, 1.807) is 0 Å². The van der Waals surface area contributed by atoms with E-state index in [0.717, 1.165) is 0 Å². The standard InChI is InChI=1S/C8H10O2.Y/c1-8(2)4-6(9)3-7(10)5-8;/h1-5H2;/q-2;. The largest absolute Gasteiger partial charge is 0.366 e. The molecule has 1 aliphatic rings. The van der Waals surface area contributed by atoms with E-state index in [0.29, 0.717) is 12.8 Å². The SMILES string of the molecule is [CH2-]C1([CH2-])CC(=O)CC(=O)C1.[Y]. The van der Waals surface area contributed by atoms with Gasteiger partial charge in [0.25, 0.3) is 0 Å². The first-order valence-electron chi connectivity index (χ1n) is 3.24. The van der Waals surface area contributed by atoms with Crippen molar-refractivity contribution < 1.29 is 42.3 Å². The molecule has 0 unspecified atom stereocenters. The molecule has 0 aromatic carbocycles. The Hall–Kier alpha value is 0.444. The second kappa shape index (κ2) is 3.91. The summed E-state index contributed by atoms with van der Waals surface area (Å²) in [6, 6.07) is 0. The molecular weight excluding hydrogens is 217 g/mol. The summed E-state index contributed by atoms with van der Waals surface area (Å²) in [7, 11) is 0. The molecule has 0 N–H and O–H groups in total. The minimum atomic E-state index is -0.577. The number of carbonyl (C=O) groups excluding carboxylic acids is 2. The van der Waals surface area contributed by atoms with Gasteiger partial charge in [0.2, 0.25) is 0 Å². The van der Waals surface area contributed by atoms with E-state index in [4.69, 9.17) is 0 Å². The molecule has 1 aliphatic carbocycles. The van der Waals surface area contributed by atoms with Gasteiger partial charge in [-0.05, 0) is 12.8 Å². The van der Waals surface area contributed by atoms with Crippen LogP contribution in [0.1, 0.15) is 19.3 Å². The van der Waals surface area contributed by atoms with Crippen molar-refractivity contribution in [3.63, 3.8) is 0 Å². The second-order valence-electron chi connectivity index (χ2n) is 3.11. The van der Waals surface area contributed by atoms with Gasteiger partial charge in [-0.3, -0.25) is 15.0 Å². The molecule has 1 rings (SSSR count). The fourth-order valence-corrected chi connectivity index (χ4v) is 1.24. The molecule has 1 saturated carbocycles. The van der Waals surface area contributed by atoms with Crippen LogP contribution in [0.15, 0.2) is 0 Å². The second-order valence-corrected chi connectivity index (χ2v) is 3.11. The topological polar surface area (TPSA) is 34.1 Å². The first-order valence-corrected chi connectivity index (χ1v) is 3.24. The van der Waals surface area contributed by atoms with Gasteiger partial charge < -0.3 is 13.8 Å². The van der Waals surface area contributed by atoms with Crippen LogP contribution >= 0.6 is 0 Å². The minimum Gasteiger partial charge on any atom is -0.366 e. The van der Waals surface area contributed by atoms with Crippen molar-refractivity contribution >= 4 is 11.6 Å². The molecular formula is C8H10O2Y-2. The average molecular weight is 227 g/mol. The Morgan fingerprint density at radius 3 is 1.73 bits per heavy atom. The number of hydrogen-bond donors (Lipinski definition) is 0. The zero-order chi connectivity index (χ0) is 7.78. The zero-order valence-electron chi connectivity index (χ0n) is 6.43. The number of hydrogen-bond acceptors (Lipinski definition) is 2. The van der Waals surface area contributed by atoms with E-state index >= 15 is 0 Å². The number of ketones is 2. The summed E-state index contributed by atoms with van der Waals surface area (Å²) in [5.74, 6) is -0.0532. The van der Waals surface area contributed by atoms with Crippen molar-refractivity contribution in [1.82, 2.24) is 0 Å². The number of carbonyl (C=O) groups is 2. The third-order valence-corrected chi connectivity index (χ3v) is 1.54. The fourth-order valence-electron chi connectivity index (χ4n) is 1.24. The Kier molecular flexibility index (Phi) is 4.06. The van der Waals surface area contributed by atoms with Crippen molar-refractivity contribution in [3.8, 4) is 0 Å². The summed E-state index contributed by atoms with van der Waals surface area (Å²) in [5.41, 5.74) is -0.577. The van der Waals surface area contributed by atoms with Gasteiger partial charge in [-0.2, -0.15) is 0 Å². The summed E-state index contributed by atoms with van der Waals surface area (Å²) in [6.45, 7) is 7.36. The maximum Gasteiger partial charge on any atom is 0.135 e. The third-order valence-electron chi connectivity index (χ3n) is 1.54. The van der Waals surface area contributed by atoms with Crippen LogP contribution in [-0.2, 0) is 42.3 Å². The van der Waals surface area contributed by atoms with Gasteiger partial charge in [0, 0.05) is 32.7 Å². The van der Waals surface area contributed by atoms with Crippen LogP contribution in [0, 0.1) is 19.3 Å². The number of Topliss-reactive ketones (excluding diaryl/α,β-unsaturated/α-hetero) is 2. The van der Waals surface area contributed by atoms with Gasteiger partial charge in [0.05, 0.1) is 6.42 Å². The maximum absolute atomic E-state index is 10.8. The molecule has 11 heavy (non-hydrogen) atoms. The summed E-state index contributed by atoms with van der Waals surface area (Å²) < 4.78 is 0. The molecule has 0 aromatic rings. The predicted octanol–water partition coefficient (Wildman–Crippen LogP) is 0.961. The van der Waals surface area contributed by atoms with Gasteiger partial charge in [-0.15, -0.1) is 0 Å². The van der Waals surface area contributed by atoms with E-state index in [-0.39, 0.29) is 50.7 Å². The van der Waals surface area contributed by atoms with E-state index in [2.05, 4.69) is 13.8 Å². The van der Waals surface area contributed by atoms with Gasteiger partial charge in [0.1, 0.15) is 11.6 Å². The van der Waals surface area contributed by atoms with Crippen molar-refractivity contribution in [2.24, 2.45) is 5.41 Å². The Balaban J connectivity index is 0.000001000. The normalized spacial score (nSPS) is 22.7. The van der Waals surface area contributed by atoms with Crippen LogP contribution in [0.5, 0.6) is 0 Å². The van der Waals surface area contributed by atoms with Crippen LogP contribution < -0.4 is 0 Å². The fraction of sp³-hybridized carbons (Fsp3) is 0.500. The summed E-state index contributed by atoms with van der Waals surface area (Å²) in [5, 5.41) is 0. The zero-order valence-corrected chi connectivity index (χ0v) is 9.27. The molecule has 0 amide bonds. The molecule has 0 aromatic heterocycles. The van der Waals surface area contributed by atoms with Crippen molar-refractivity contribution in [2.45, 2.75) is 19.3 Å². The van der Waals surface area contributed by atoms with E-state index in [1.165, 1.54) is 0 Å². The molecule has 1 fully saturated rings. The molecule has 0 spiro atoms. The number of rotatable bonds is 0. The van der Waals surface area contributed by atoms with Crippen LogP contribution in [0.25, 0.3) is 0 Å². The van der Waals surface area contributed by atoms with Gasteiger partial charge in [0.15, 0.2) is 0 Å². The van der Waals surface area contributed by atoms with Crippen LogP contribution in [0.3, 0.4) is 0 Å². The molecule has 59 valence electrons. The average Bonchev–Trinajstić information content (AvgIpc) is 1.54. The molecule has 0 bridgehead atoms. The summed E-state index contributed by atoms with van der Waals surface area (Å²) in [4.78, 5) is 21.6. The monoisotopic (exact) mass is 227 g/mol. The van der Waals surface area contributed by atoms with Crippen LogP contribution in [-0.4, -0.2) is 11.6 Å². The molecule has 0 atom stereocenters. The Bertz CT molecular complexity index is 167. The molecule has 3 heteroatoms. The Labute approximate surface area is 92.0 Å². The van der Waals surface area contributed by atoms with Crippen molar-refractivity contribution in [2.75, 3.05) is 0 Å². The smallest absolute Gasteiger partial charge is 0.135 e. The van der Waals surface area contributed by atoms with E-state index < -0.39 is 5.41 Å². The predicted molar refractivity (Wildman–Crippen MR) is 37.0 cm³/mol. The maximum atomic E-state index is 10.8. The summed E-state index contributed by atoms with van der Waals surface area (Å²) in [6.07, 6.45) is 0.782. The quantitative estimate of drug-likeness (QED) is 0.456. The molecule has 0 aliphatic heterocycles. The van der Waals surface area contributed by atoms with Gasteiger partial charge in [-0.25, -0.2) is 0 Å². The van der Waals surface area contributed by atoms with Crippen molar-refractivity contribution in [3.05, 3.63) is 13.8 Å². The molecule has 0 heterocycles. The minimum absolute atomic E-state index is 0. The van der Waals surface area contributed by atoms with E-state index in [9.17, 15) is 9.59 Å². The van der Waals surface area contributed by atoms with Crippen LogP contribution in [0.4, 0.5) is 0 Å². The van der Waals surface area contributed by atoms with E-state index in [1.807, 2.05) is 0 Å². The Morgan fingerprint density at radius 2 is 1.45 bits per heavy atom. The van der Waals surface area contributed by atoms with Crippen molar-refractivity contribution in [1.29, 1.82) is 0 Å².